The van der Waals surface area contributed by atoms with Gasteiger partial charge in [0.1, 0.15) is 0 Å². The summed E-state index contributed by atoms with van der Waals surface area (Å²) in [6.45, 7) is 5.43. The van der Waals surface area contributed by atoms with Crippen molar-refractivity contribution < 1.29 is 26.4 Å². The summed E-state index contributed by atoms with van der Waals surface area (Å²) >= 11 is 0. The van der Waals surface area contributed by atoms with Crippen LogP contribution in [0.2, 0.25) is 0 Å². The Bertz CT molecular complexity index is 1010. The second kappa shape index (κ2) is 10.6. The number of sulfone groups is 1. The van der Waals surface area contributed by atoms with Crippen LogP contribution >= 0.6 is 0 Å². The first-order valence-electron chi connectivity index (χ1n) is 15.0. The Kier molecular flexibility index (Phi) is 7.91. The number of nitrogens with zero attached hydrogens (tertiary/aromatic N) is 1. The predicted octanol–water partition coefficient (Wildman–Crippen LogP) is 5.86. The van der Waals surface area contributed by atoms with Gasteiger partial charge in [0.25, 0.3) is 0 Å². The van der Waals surface area contributed by atoms with E-state index in [1.807, 2.05) is 0 Å². The Morgan fingerprint density at radius 1 is 1.05 bits per heavy atom. The van der Waals surface area contributed by atoms with Crippen LogP contribution in [0.3, 0.4) is 0 Å². The molecule has 0 radical (unpaired) electrons. The summed E-state index contributed by atoms with van der Waals surface area (Å²) in [4.78, 5) is 15.6. The highest BCUT2D eigenvalue weighted by Crippen LogP contribution is 2.67. The molecular formula is C29H45F3N2O3S. The Labute approximate surface area is 226 Å². The van der Waals surface area contributed by atoms with E-state index in [9.17, 15) is 26.4 Å². The molecule has 0 saturated heterocycles. The second-order valence-electron chi connectivity index (χ2n) is 12.9. The van der Waals surface area contributed by atoms with E-state index < -0.39 is 21.9 Å². The molecule has 5 aliphatic rings. The molecule has 1 heterocycles. The van der Waals surface area contributed by atoms with E-state index in [-0.39, 0.29) is 41.1 Å². The second-order valence-corrected chi connectivity index (χ2v) is 15.5. The van der Waals surface area contributed by atoms with Gasteiger partial charge in [-0.1, -0.05) is 13.0 Å². The van der Waals surface area contributed by atoms with Gasteiger partial charge in [-0.25, -0.2) is 8.42 Å². The molecule has 38 heavy (non-hydrogen) atoms. The third-order valence-corrected chi connectivity index (χ3v) is 13.2. The Balaban J connectivity index is 1.12. The lowest BCUT2D eigenvalue weighted by Crippen LogP contribution is -2.43. The lowest BCUT2D eigenvalue weighted by Gasteiger charge is -2.38. The molecule has 4 saturated carbocycles. The van der Waals surface area contributed by atoms with E-state index in [0.29, 0.717) is 56.0 Å². The smallest absolute Gasteiger partial charge is 0.372 e. The zero-order chi connectivity index (χ0) is 27.3. The first kappa shape index (κ1) is 28.3. The van der Waals surface area contributed by atoms with Gasteiger partial charge in [0, 0.05) is 42.4 Å². The molecule has 9 heteroatoms. The molecule has 0 aromatic carbocycles. The standard InChI is InChI=1S/C29H45F3N2O3S/c1-3-34-25-10-7-20(27(35)33-18-19-5-8-23(9-6-19)38(36,37)4-2)15-21(25)16-26(34)24-17-28(24)13-11-22(12-14-28)29(30,31)32/h16,19-25H,3-15,17-18H2,1-2H3,(H,33,35). The van der Waals surface area contributed by atoms with Crippen LogP contribution in [0.15, 0.2) is 11.8 Å². The summed E-state index contributed by atoms with van der Waals surface area (Å²) in [5.41, 5.74) is 1.42. The fraction of sp³-hybridized carbons (Fsp3) is 0.897. The van der Waals surface area contributed by atoms with Gasteiger partial charge < -0.3 is 10.2 Å². The highest BCUT2D eigenvalue weighted by Gasteiger charge is 2.60. The van der Waals surface area contributed by atoms with Gasteiger partial charge in [-0.05, 0) is 101 Å². The van der Waals surface area contributed by atoms with Crippen molar-refractivity contribution in [1.82, 2.24) is 10.2 Å². The average Bonchev–Trinajstić information content (AvgIpc) is 3.45. The minimum Gasteiger partial charge on any atom is -0.372 e. The third-order valence-electron chi connectivity index (χ3n) is 11.0. The van der Waals surface area contributed by atoms with Crippen LogP contribution < -0.4 is 5.32 Å². The summed E-state index contributed by atoms with van der Waals surface area (Å²) in [5.74, 6) is 0.285. The molecule has 1 spiro atoms. The third kappa shape index (κ3) is 5.51. The lowest BCUT2D eigenvalue weighted by atomic mass is 9.77. The molecule has 0 bridgehead atoms. The van der Waals surface area contributed by atoms with E-state index in [4.69, 9.17) is 0 Å². The van der Waals surface area contributed by atoms with Crippen molar-refractivity contribution in [2.75, 3.05) is 18.8 Å². The number of fused-ring (bicyclic) bond motifs is 1. The highest BCUT2D eigenvalue weighted by molar-refractivity contribution is 7.92. The number of alkyl halides is 3. The Morgan fingerprint density at radius 3 is 2.34 bits per heavy atom. The van der Waals surface area contributed by atoms with Crippen molar-refractivity contribution in [3.63, 3.8) is 0 Å². The molecule has 1 aliphatic heterocycles. The summed E-state index contributed by atoms with van der Waals surface area (Å²) < 4.78 is 63.9. The zero-order valence-electron chi connectivity index (χ0n) is 22.9. The molecule has 4 atom stereocenters. The van der Waals surface area contributed by atoms with Gasteiger partial charge in [0.15, 0.2) is 9.84 Å². The lowest BCUT2D eigenvalue weighted by molar-refractivity contribution is -0.184. The molecule has 1 amide bonds. The number of carbonyl (C=O) groups is 1. The van der Waals surface area contributed by atoms with E-state index in [1.165, 1.54) is 5.70 Å². The largest absolute Gasteiger partial charge is 0.391 e. The number of hydrogen-bond donors (Lipinski definition) is 1. The van der Waals surface area contributed by atoms with Crippen molar-refractivity contribution >= 4 is 15.7 Å². The SMILES string of the molecule is CCN1C(C2CC23CCC(C(F)(F)F)CC3)=CC2CC(C(=O)NCC3CCC(S(=O)(=O)CC)CC3)CCC21. The van der Waals surface area contributed by atoms with E-state index >= 15 is 0 Å². The van der Waals surface area contributed by atoms with Crippen molar-refractivity contribution in [3.8, 4) is 0 Å². The molecule has 4 unspecified atom stereocenters. The maximum atomic E-state index is 13.2. The zero-order valence-corrected chi connectivity index (χ0v) is 23.8. The van der Waals surface area contributed by atoms with E-state index in [1.54, 1.807) is 6.92 Å². The quantitative estimate of drug-likeness (QED) is 0.425. The van der Waals surface area contributed by atoms with Gasteiger partial charge in [-0.3, -0.25) is 4.79 Å². The molecule has 216 valence electrons. The first-order valence-corrected chi connectivity index (χ1v) is 16.7. The van der Waals surface area contributed by atoms with Crippen molar-refractivity contribution in [2.24, 2.45) is 35.0 Å². The highest BCUT2D eigenvalue weighted by atomic mass is 32.2. The maximum absolute atomic E-state index is 13.2. The minimum absolute atomic E-state index is 0.00208. The van der Waals surface area contributed by atoms with Crippen molar-refractivity contribution in [2.45, 2.75) is 108 Å². The molecule has 5 nitrogen and oxygen atoms in total. The van der Waals surface area contributed by atoms with E-state index in [0.717, 1.165) is 45.1 Å². The van der Waals surface area contributed by atoms with Crippen LogP contribution in [0.25, 0.3) is 0 Å². The van der Waals surface area contributed by atoms with Crippen LogP contribution in [0.1, 0.15) is 90.9 Å². The predicted molar refractivity (Wildman–Crippen MR) is 142 cm³/mol. The van der Waals surface area contributed by atoms with Crippen LogP contribution in [0.5, 0.6) is 0 Å². The molecule has 1 N–H and O–H groups in total. The summed E-state index contributed by atoms with van der Waals surface area (Å²) in [5, 5.41) is 2.97. The number of rotatable bonds is 7. The van der Waals surface area contributed by atoms with Gasteiger partial charge in [0.2, 0.25) is 5.91 Å². The minimum atomic E-state index is -4.06. The summed E-state index contributed by atoms with van der Waals surface area (Å²) in [7, 11) is -2.97. The number of carbonyl (C=O) groups excluding carboxylic acids is 1. The Hall–Kier alpha value is -1.25. The van der Waals surface area contributed by atoms with Gasteiger partial charge in [0.05, 0.1) is 11.2 Å². The van der Waals surface area contributed by atoms with Gasteiger partial charge >= 0.3 is 6.18 Å². The van der Waals surface area contributed by atoms with Crippen LogP contribution in [-0.4, -0.2) is 55.5 Å². The molecular weight excluding hydrogens is 513 g/mol. The van der Waals surface area contributed by atoms with Crippen molar-refractivity contribution in [3.05, 3.63) is 11.8 Å². The fourth-order valence-electron chi connectivity index (χ4n) is 8.39. The van der Waals surface area contributed by atoms with Crippen molar-refractivity contribution in [1.29, 1.82) is 0 Å². The van der Waals surface area contributed by atoms with Crippen LogP contribution in [0, 0.1) is 35.0 Å². The molecule has 0 aromatic rings. The topological polar surface area (TPSA) is 66.5 Å². The number of hydrogen-bond acceptors (Lipinski definition) is 4. The average molecular weight is 559 g/mol. The van der Waals surface area contributed by atoms with Crippen LogP contribution in [-0.2, 0) is 14.6 Å². The van der Waals surface area contributed by atoms with Crippen LogP contribution in [0.4, 0.5) is 13.2 Å². The first-order chi connectivity index (χ1) is 18.0. The Morgan fingerprint density at radius 2 is 1.74 bits per heavy atom. The normalized spacial score (nSPS) is 39.6. The summed E-state index contributed by atoms with van der Waals surface area (Å²) in [6, 6.07) is 0.416. The molecule has 4 aliphatic carbocycles. The number of amides is 1. The molecule has 0 aromatic heterocycles. The number of nitrogens with one attached hydrogen (secondary N) is 1. The molecule has 4 fully saturated rings. The number of halogens is 3. The molecule has 5 rings (SSSR count). The fourth-order valence-corrected chi connectivity index (χ4v) is 9.85. The van der Waals surface area contributed by atoms with Gasteiger partial charge in [-0.2, -0.15) is 13.2 Å². The maximum Gasteiger partial charge on any atom is 0.391 e. The number of allylic oxidation sites excluding steroid dienone is 1. The van der Waals surface area contributed by atoms with Gasteiger partial charge in [-0.15, -0.1) is 0 Å². The monoisotopic (exact) mass is 558 g/mol. The van der Waals surface area contributed by atoms with E-state index in [2.05, 4.69) is 23.2 Å². The summed E-state index contributed by atoms with van der Waals surface area (Å²) in [6.07, 6.45) is 7.04.